The molecule has 1 unspecified atom stereocenters. The lowest BCUT2D eigenvalue weighted by Crippen LogP contribution is -2.21. The molecule has 0 saturated carbocycles. The van der Waals surface area contributed by atoms with Gasteiger partial charge in [-0.3, -0.25) is 0 Å². The number of fused-ring (bicyclic) bond motifs is 3. The van der Waals surface area contributed by atoms with Crippen LogP contribution in [0.25, 0.3) is 0 Å². The highest BCUT2D eigenvalue weighted by atomic mass is 32.2. The number of nitrogens with one attached hydrogen (secondary N) is 2. The summed E-state index contributed by atoms with van der Waals surface area (Å²) in [7, 11) is -3.24. The number of urea groups is 1. The molecule has 4 N–H and O–H groups in total. The van der Waals surface area contributed by atoms with Crippen LogP contribution in [0.4, 0.5) is 10.5 Å². The van der Waals surface area contributed by atoms with Crippen LogP contribution in [0.15, 0.2) is 20.7 Å². The van der Waals surface area contributed by atoms with E-state index < -0.39 is 15.9 Å². The van der Waals surface area contributed by atoms with Crippen LogP contribution in [0.5, 0.6) is 0 Å². The van der Waals surface area contributed by atoms with Crippen molar-refractivity contribution in [1.29, 1.82) is 0 Å². The summed E-state index contributed by atoms with van der Waals surface area (Å²) in [5, 5.41) is 12.2. The van der Waals surface area contributed by atoms with Crippen LogP contribution < -0.4 is 15.8 Å². The van der Waals surface area contributed by atoms with Gasteiger partial charge in [0.1, 0.15) is 4.21 Å². The fraction of sp³-hybridized carbons (Fsp3) is 0.421. The minimum atomic E-state index is -3.24. The molecule has 1 aromatic carbocycles. The van der Waals surface area contributed by atoms with Crippen molar-refractivity contribution < 1.29 is 9.00 Å². The normalized spacial score (nSPS) is 19.3. The average Bonchev–Trinajstić information content (AvgIpc) is 3.24. The monoisotopic (exact) mass is 402 g/mol. The number of hydrogen-bond donors (Lipinski definition) is 3. The third kappa shape index (κ3) is 3.00. The first-order valence-corrected chi connectivity index (χ1v) is 11.8. The lowest BCUT2D eigenvalue weighted by molar-refractivity contribution is 0.260. The van der Waals surface area contributed by atoms with E-state index in [4.69, 9.17) is 5.14 Å². The first kappa shape index (κ1) is 17.4. The van der Waals surface area contributed by atoms with Crippen LogP contribution in [-0.2, 0) is 48.6 Å². The van der Waals surface area contributed by atoms with Gasteiger partial charge in [0.2, 0.25) is 0 Å². The molecule has 1 aromatic heterocycles. The average molecular weight is 403 g/mol. The van der Waals surface area contributed by atoms with Crippen LogP contribution in [0.2, 0.25) is 0 Å². The Morgan fingerprint density at radius 3 is 2.70 bits per heavy atom. The Balaban J connectivity index is 1.45. The quantitative estimate of drug-likeness (QED) is 0.720. The molecule has 3 aliphatic rings. The van der Waals surface area contributed by atoms with Crippen molar-refractivity contribution in [1.82, 2.24) is 5.32 Å². The summed E-state index contributed by atoms with van der Waals surface area (Å²) in [6.45, 7) is 1.65. The van der Waals surface area contributed by atoms with Crippen molar-refractivity contribution in [3.63, 3.8) is 0 Å². The van der Waals surface area contributed by atoms with Crippen LogP contribution in [0, 0.1) is 0 Å². The number of carbonyl (C=O) groups is 1. The minimum absolute atomic E-state index is 0.484. The van der Waals surface area contributed by atoms with Crippen LogP contribution >= 0.6 is 11.3 Å². The van der Waals surface area contributed by atoms with Gasteiger partial charge in [0, 0.05) is 23.7 Å². The smallest absolute Gasteiger partial charge is 0.312 e. The van der Waals surface area contributed by atoms with Crippen LogP contribution in [-0.4, -0.2) is 16.8 Å². The highest BCUT2D eigenvalue weighted by Crippen LogP contribution is 2.39. The van der Waals surface area contributed by atoms with Gasteiger partial charge in [-0.1, -0.05) is 6.07 Å². The minimum Gasteiger partial charge on any atom is -0.312 e. The number of aryl methyl sites for hydroxylation is 2. The van der Waals surface area contributed by atoms with Gasteiger partial charge in [0.25, 0.3) is 0 Å². The number of rotatable bonds is 2. The van der Waals surface area contributed by atoms with E-state index in [1.165, 1.54) is 38.5 Å². The number of amides is 2. The summed E-state index contributed by atoms with van der Waals surface area (Å²) in [6.07, 6.45) is 6.07. The van der Waals surface area contributed by atoms with Gasteiger partial charge < -0.3 is 10.6 Å². The summed E-state index contributed by atoms with van der Waals surface area (Å²) in [4.78, 5) is 13.8. The second-order valence-corrected chi connectivity index (χ2v) is 10.6. The Morgan fingerprint density at radius 1 is 1.11 bits per heavy atom. The maximum absolute atomic E-state index is 12.9. The zero-order valence-corrected chi connectivity index (χ0v) is 16.6. The van der Waals surface area contributed by atoms with E-state index in [0.717, 1.165) is 62.9 Å². The Hall–Kier alpha value is -1.74. The molecule has 0 spiro atoms. The molecule has 0 bridgehead atoms. The van der Waals surface area contributed by atoms with Crippen molar-refractivity contribution in [2.45, 2.75) is 49.3 Å². The Kier molecular flexibility index (Phi) is 4.12. The predicted molar refractivity (Wildman–Crippen MR) is 108 cm³/mol. The van der Waals surface area contributed by atoms with E-state index in [9.17, 15) is 9.00 Å². The molecule has 142 valence electrons. The first-order chi connectivity index (χ1) is 13.0. The topological polar surface area (TPSA) is 96.6 Å². The number of hydrogen-bond acceptors (Lipinski definition) is 4. The SMILES string of the molecule is NS(=O)(=NC(=O)Nc1c2c(cc3c1CC3)CCC2)c1cc2c(s1)CCNC2. The summed E-state index contributed by atoms with van der Waals surface area (Å²) in [5.74, 6) is 0. The Labute approximate surface area is 162 Å². The number of anilines is 1. The zero-order chi connectivity index (χ0) is 18.6. The first-order valence-electron chi connectivity index (χ1n) is 9.36. The third-order valence-corrected chi connectivity index (χ3v) is 8.83. The number of nitrogens with zero attached hydrogens (tertiary/aromatic N) is 1. The van der Waals surface area contributed by atoms with Gasteiger partial charge in [-0.15, -0.1) is 15.7 Å². The molecule has 1 atom stereocenters. The summed E-state index contributed by atoms with van der Waals surface area (Å²) in [5.41, 5.74) is 7.08. The van der Waals surface area contributed by atoms with Gasteiger partial charge in [-0.25, -0.2) is 14.1 Å². The fourth-order valence-corrected chi connectivity index (χ4v) is 6.76. The second-order valence-electron chi connectivity index (χ2n) is 7.41. The van der Waals surface area contributed by atoms with E-state index in [-0.39, 0.29) is 0 Å². The van der Waals surface area contributed by atoms with Crippen molar-refractivity contribution in [3.8, 4) is 0 Å². The standard InChI is InChI=1S/C19H22N4O2S2/c20-27(25,17-9-13-10-21-7-6-16(13)26-17)23-19(24)22-18-14-3-1-2-11(14)8-12-4-5-15(12)18/h8-9,21H,1-7,10H2,(H3,20,22,23,24,25). The van der Waals surface area contributed by atoms with Crippen molar-refractivity contribution in [3.05, 3.63) is 44.8 Å². The molecule has 2 aliphatic carbocycles. The number of nitrogens with two attached hydrogens (primary N) is 1. The lowest BCUT2D eigenvalue weighted by Gasteiger charge is -2.25. The van der Waals surface area contributed by atoms with Crippen LogP contribution in [0.1, 0.15) is 39.1 Å². The molecule has 2 heterocycles. The van der Waals surface area contributed by atoms with E-state index in [1.807, 2.05) is 6.07 Å². The highest BCUT2D eigenvalue weighted by Gasteiger charge is 2.27. The maximum atomic E-state index is 12.9. The second kappa shape index (κ2) is 6.41. The van der Waals surface area contributed by atoms with E-state index in [0.29, 0.717) is 4.21 Å². The molecule has 8 heteroatoms. The van der Waals surface area contributed by atoms with E-state index in [1.54, 1.807) is 0 Å². The summed E-state index contributed by atoms with van der Waals surface area (Å²) in [6, 6.07) is 3.50. The molecular weight excluding hydrogens is 380 g/mol. The number of carbonyl (C=O) groups excluding carboxylic acids is 1. The molecule has 0 fully saturated rings. The van der Waals surface area contributed by atoms with Gasteiger partial charge in [-0.2, -0.15) is 0 Å². The van der Waals surface area contributed by atoms with E-state index in [2.05, 4.69) is 21.1 Å². The Morgan fingerprint density at radius 2 is 1.93 bits per heavy atom. The Bertz CT molecular complexity index is 1060. The third-order valence-electron chi connectivity index (χ3n) is 5.70. The lowest BCUT2D eigenvalue weighted by atomic mass is 9.83. The molecule has 5 rings (SSSR count). The fourth-order valence-electron chi connectivity index (χ4n) is 4.26. The van der Waals surface area contributed by atoms with Gasteiger partial charge in [0.05, 0.1) is 0 Å². The van der Waals surface area contributed by atoms with Crippen molar-refractivity contribution in [2.75, 3.05) is 11.9 Å². The van der Waals surface area contributed by atoms with Crippen LogP contribution in [0.3, 0.4) is 0 Å². The summed E-state index contributed by atoms with van der Waals surface area (Å²) >= 11 is 1.41. The van der Waals surface area contributed by atoms with Crippen molar-refractivity contribution >= 4 is 33.0 Å². The molecule has 6 nitrogen and oxygen atoms in total. The highest BCUT2D eigenvalue weighted by molar-refractivity contribution is 7.93. The molecule has 27 heavy (non-hydrogen) atoms. The largest absolute Gasteiger partial charge is 0.354 e. The molecule has 2 aromatic rings. The predicted octanol–water partition coefficient (Wildman–Crippen LogP) is 2.91. The summed E-state index contributed by atoms with van der Waals surface area (Å²) < 4.78 is 17.3. The van der Waals surface area contributed by atoms with E-state index >= 15 is 0 Å². The maximum Gasteiger partial charge on any atom is 0.354 e. The zero-order valence-electron chi connectivity index (χ0n) is 15.0. The molecule has 0 saturated heterocycles. The van der Waals surface area contributed by atoms with Gasteiger partial charge in [-0.05, 0) is 72.4 Å². The van der Waals surface area contributed by atoms with Gasteiger partial charge in [0.15, 0.2) is 9.92 Å². The van der Waals surface area contributed by atoms with Gasteiger partial charge >= 0.3 is 6.03 Å². The number of thiophene rings is 1. The molecule has 0 radical (unpaired) electrons. The number of benzene rings is 1. The molecular formula is C19H22N4O2S2. The molecule has 2 amide bonds. The molecule has 1 aliphatic heterocycles. The van der Waals surface area contributed by atoms with Crippen molar-refractivity contribution in [2.24, 2.45) is 9.50 Å².